The summed E-state index contributed by atoms with van der Waals surface area (Å²) >= 11 is 1.87. The smallest absolute Gasteiger partial charge is 0.139 e. The predicted octanol–water partition coefficient (Wildman–Crippen LogP) is 3.51. The molecule has 2 aliphatic heterocycles. The van der Waals surface area contributed by atoms with Crippen LogP contribution in [0.2, 0.25) is 0 Å². The van der Waals surface area contributed by atoms with Crippen LogP contribution in [0.5, 0.6) is 0 Å². The van der Waals surface area contributed by atoms with Gasteiger partial charge in [0.15, 0.2) is 0 Å². The number of hydrogen-bond donors (Lipinski definition) is 1. The monoisotopic (exact) mass is 330 g/mol. The maximum absolute atomic E-state index is 5.18. The third kappa shape index (κ3) is 2.92. The summed E-state index contributed by atoms with van der Waals surface area (Å²) in [5.74, 6) is 1.95. The topological polar surface area (TPSA) is 30.9 Å². The molecular formula is C18H26N4S. The molecule has 1 unspecified atom stereocenters. The molecule has 0 saturated carbocycles. The molecule has 3 aliphatic rings. The molecule has 3 heterocycles. The zero-order valence-corrected chi connectivity index (χ0v) is 15.2. The summed E-state index contributed by atoms with van der Waals surface area (Å²) in [4.78, 5) is 11.4. The molecule has 23 heavy (non-hydrogen) atoms. The van der Waals surface area contributed by atoms with Gasteiger partial charge in [0.2, 0.25) is 0 Å². The Morgan fingerprint density at radius 1 is 1.26 bits per heavy atom. The first-order valence-corrected chi connectivity index (χ1v) is 9.54. The van der Waals surface area contributed by atoms with Gasteiger partial charge < -0.3 is 15.1 Å². The van der Waals surface area contributed by atoms with E-state index in [0.29, 0.717) is 0 Å². The van der Waals surface area contributed by atoms with E-state index >= 15 is 0 Å². The van der Waals surface area contributed by atoms with Crippen molar-refractivity contribution in [2.45, 2.75) is 33.1 Å². The SMILES string of the molecule is Cc1cc2c(s1)NC1=C(CCC(C)C1)N=C2N1CCN(C)CC1. The molecule has 1 aliphatic carbocycles. The molecular weight excluding hydrogens is 304 g/mol. The number of aryl methyl sites for hydroxylation is 1. The normalized spacial score (nSPS) is 25.4. The van der Waals surface area contributed by atoms with Gasteiger partial charge in [0.05, 0.1) is 11.3 Å². The maximum atomic E-state index is 5.18. The summed E-state index contributed by atoms with van der Waals surface area (Å²) < 4.78 is 0. The predicted molar refractivity (Wildman–Crippen MR) is 98.3 cm³/mol. The van der Waals surface area contributed by atoms with Crippen molar-refractivity contribution >= 4 is 22.2 Å². The lowest BCUT2D eigenvalue weighted by Crippen LogP contribution is -2.47. The van der Waals surface area contributed by atoms with Gasteiger partial charge >= 0.3 is 0 Å². The summed E-state index contributed by atoms with van der Waals surface area (Å²) in [5, 5.41) is 5.03. The molecule has 0 aromatic carbocycles. The molecule has 124 valence electrons. The fourth-order valence-electron chi connectivity index (χ4n) is 3.71. The quantitative estimate of drug-likeness (QED) is 0.790. The van der Waals surface area contributed by atoms with Crippen molar-refractivity contribution in [2.75, 3.05) is 38.5 Å². The number of anilines is 1. The van der Waals surface area contributed by atoms with Crippen molar-refractivity contribution in [3.63, 3.8) is 0 Å². The molecule has 1 fully saturated rings. The highest BCUT2D eigenvalue weighted by Gasteiger charge is 2.28. The maximum Gasteiger partial charge on any atom is 0.139 e. The summed E-state index contributed by atoms with van der Waals surface area (Å²) in [7, 11) is 2.21. The van der Waals surface area contributed by atoms with E-state index in [-0.39, 0.29) is 0 Å². The average Bonchev–Trinajstić information content (AvgIpc) is 2.81. The molecule has 1 aromatic heterocycles. The lowest BCUT2D eigenvalue weighted by atomic mass is 9.92. The third-order valence-corrected chi connectivity index (χ3v) is 6.15. The van der Waals surface area contributed by atoms with E-state index in [0.717, 1.165) is 44.9 Å². The number of hydrogen-bond acceptors (Lipinski definition) is 5. The Balaban J connectivity index is 1.74. The van der Waals surface area contributed by atoms with E-state index < -0.39 is 0 Å². The van der Waals surface area contributed by atoms with Crippen LogP contribution in [0.25, 0.3) is 0 Å². The van der Waals surface area contributed by atoms with Gasteiger partial charge in [0, 0.05) is 36.8 Å². The Morgan fingerprint density at radius 2 is 2.04 bits per heavy atom. The molecule has 1 aromatic rings. The van der Waals surface area contributed by atoms with Crippen LogP contribution in [0.3, 0.4) is 0 Å². The number of rotatable bonds is 0. The number of nitrogens with zero attached hydrogens (tertiary/aromatic N) is 3. The summed E-state index contributed by atoms with van der Waals surface area (Å²) in [6.45, 7) is 8.93. The molecule has 0 radical (unpaired) electrons. The number of amidine groups is 1. The molecule has 1 saturated heterocycles. The van der Waals surface area contributed by atoms with Gasteiger partial charge in [-0.05, 0) is 45.2 Å². The van der Waals surface area contributed by atoms with Crippen LogP contribution in [-0.4, -0.2) is 48.9 Å². The number of thiophene rings is 1. The van der Waals surface area contributed by atoms with Gasteiger partial charge in [-0.2, -0.15) is 0 Å². The van der Waals surface area contributed by atoms with Crippen molar-refractivity contribution in [3.05, 3.63) is 27.9 Å². The highest BCUT2D eigenvalue weighted by atomic mass is 32.1. The van der Waals surface area contributed by atoms with Crippen molar-refractivity contribution in [3.8, 4) is 0 Å². The second kappa shape index (κ2) is 5.95. The summed E-state index contributed by atoms with van der Waals surface area (Å²) in [6, 6.07) is 2.31. The summed E-state index contributed by atoms with van der Waals surface area (Å²) in [5.41, 5.74) is 3.95. The fraction of sp³-hybridized carbons (Fsp3) is 0.611. The fourth-order valence-corrected chi connectivity index (χ4v) is 4.64. The van der Waals surface area contributed by atoms with Gasteiger partial charge in [0.1, 0.15) is 10.8 Å². The van der Waals surface area contributed by atoms with Crippen molar-refractivity contribution in [1.82, 2.24) is 9.80 Å². The highest BCUT2D eigenvalue weighted by Crippen LogP contribution is 2.38. The number of nitrogens with one attached hydrogen (secondary N) is 1. The number of piperazine rings is 1. The Hall–Kier alpha value is -1.33. The van der Waals surface area contributed by atoms with Crippen LogP contribution in [0.4, 0.5) is 5.00 Å². The second-order valence-corrected chi connectivity index (χ2v) is 8.48. The minimum atomic E-state index is 0.756. The van der Waals surface area contributed by atoms with Crippen molar-refractivity contribution in [2.24, 2.45) is 10.9 Å². The van der Waals surface area contributed by atoms with Gasteiger partial charge in [-0.25, -0.2) is 4.99 Å². The number of fused-ring (bicyclic) bond motifs is 1. The highest BCUT2D eigenvalue weighted by molar-refractivity contribution is 7.16. The Kier molecular flexibility index (Phi) is 3.93. The first kappa shape index (κ1) is 15.2. The largest absolute Gasteiger partial charge is 0.353 e. The van der Waals surface area contributed by atoms with E-state index in [1.165, 1.54) is 39.1 Å². The molecule has 4 rings (SSSR count). The molecule has 0 amide bonds. The van der Waals surface area contributed by atoms with Crippen molar-refractivity contribution in [1.29, 1.82) is 0 Å². The van der Waals surface area contributed by atoms with E-state index in [2.05, 4.69) is 42.1 Å². The molecule has 5 heteroatoms. The number of aliphatic imine (C=N–C) groups is 1. The van der Waals surface area contributed by atoms with Crippen LogP contribution in [0.15, 0.2) is 22.5 Å². The molecule has 0 spiro atoms. The van der Waals surface area contributed by atoms with Gasteiger partial charge in [-0.3, -0.25) is 0 Å². The van der Waals surface area contributed by atoms with E-state index in [9.17, 15) is 0 Å². The van der Waals surface area contributed by atoms with E-state index in [1.54, 1.807) is 0 Å². The Bertz CT molecular complexity index is 665. The lowest BCUT2D eigenvalue weighted by molar-refractivity contribution is 0.215. The van der Waals surface area contributed by atoms with E-state index in [1.807, 2.05) is 11.3 Å². The Morgan fingerprint density at radius 3 is 2.83 bits per heavy atom. The average molecular weight is 331 g/mol. The molecule has 1 atom stereocenters. The van der Waals surface area contributed by atoms with E-state index in [4.69, 9.17) is 4.99 Å². The third-order valence-electron chi connectivity index (χ3n) is 5.18. The number of allylic oxidation sites excluding steroid dienone is 2. The lowest BCUT2D eigenvalue weighted by Gasteiger charge is -2.34. The zero-order chi connectivity index (χ0) is 16.0. The van der Waals surface area contributed by atoms with Crippen LogP contribution in [-0.2, 0) is 0 Å². The van der Waals surface area contributed by atoms with Crippen molar-refractivity contribution < 1.29 is 0 Å². The first-order chi connectivity index (χ1) is 11.1. The minimum absolute atomic E-state index is 0.756. The standard InChI is InChI=1S/C18H26N4S/c1-12-4-5-15-16(10-12)20-18-14(11-13(2)23-18)17(19-15)22-8-6-21(3)7-9-22/h11-12,20H,4-10H2,1-3H3. The summed E-state index contributed by atoms with van der Waals surface area (Å²) in [6.07, 6.45) is 3.49. The number of likely N-dealkylation sites (N-methyl/N-ethyl adjacent to an activating group) is 1. The van der Waals surface area contributed by atoms with Gasteiger partial charge in [0.25, 0.3) is 0 Å². The Labute approximate surface area is 142 Å². The van der Waals surface area contributed by atoms with Crippen LogP contribution in [0, 0.1) is 12.8 Å². The minimum Gasteiger partial charge on any atom is -0.353 e. The zero-order valence-electron chi connectivity index (χ0n) is 14.4. The second-order valence-electron chi connectivity index (χ2n) is 7.22. The van der Waals surface area contributed by atoms with Crippen LogP contribution in [0.1, 0.15) is 36.6 Å². The molecule has 0 bridgehead atoms. The van der Waals surface area contributed by atoms with Crippen LogP contribution >= 0.6 is 11.3 Å². The van der Waals surface area contributed by atoms with Gasteiger partial charge in [-0.1, -0.05) is 6.92 Å². The van der Waals surface area contributed by atoms with Gasteiger partial charge in [-0.15, -0.1) is 11.3 Å². The molecule has 1 N–H and O–H groups in total. The molecule has 4 nitrogen and oxygen atoms in total. The van der Waals surface area contributed by atoms with Crippen LogP contribution < -0.4 is 5.32 Å². The first-order valence-electron chi connectivity index (χ1n) is 8.72.